The summed E-state index contributed by atoms with van der Waals surface area (Å²) in [6.07, 6.45) is 1.60. The van der Waals surface area contributed by atoms with Gasteiger partial charge in [-0.15, -0.1) is 0 Å². The molecule has 100 valence electrons. The van der Waals surface area contributed by atoms with Gasteiger partial charge in [-0.1, -0.05) is 18.3 Å². The number of rotatable bonds is 3. The Balaban J connectivity index is 2.63. The Kier molecular flexibility index (Phi) is 3.71. The molecule has 1 aromatic carbocycles. The first-order valence-corrected chi connectivity index (χ1v) is 6.00. The largest absolute Gasteiger partial charge is 0.493 e. The number of benzene rings is 1. The van der Waals surface area contributed by atoms with Crippen LogP contribution in [0.3, 0.4) is 0 Å². The summed E-state index contributed by atoms with van der Waals surface area (Å²) in [5.41, 5.74) is 1.38. The van der Waals surface area contributed by atoms with E-state index in [-0.39, 0.29) is 5.69 Å². The van der Waals surface area contributed by atoms with Gasteiger partial charge in [-0.3, -0.25) is 4.57 Å². The number of aromatic amines is 1. The summed E-state index contributed by atoms with van der Waals surface area (Å²) in [4.78, 5) is 14.1. The highest BCUT2D eigenvalue weighted by Crippen LogP contribution is 2.32. The van der Waals surface area contributed by atoms with E-state index in [1.807, 2.05) is 12.1 Å². The molecule has 1 heterocycles. The Hall–Kier alpha value is -2.08. The highest BCUT2D eigenvalue weighted by molar-refractivity contribution is 7.71. The molecule has 0 saturated carbocycles. The van der Waals surface area contributed by atoms with Crippen LogP contribution in [0.2, 0.25) is 0 Å². The topological polar surface area (TPSA) is 56.2 Å². The number of nitrogens with zero attached hydrogens (tertiary/aromatic N) is 1. The van der Waals surface area contributed by atoms with Crippen LogP contribution in [0.15, 0.2) is 29.2 Å². The van der Waals surface area contributed by atoms with Gasteiger partial charge in [0.1, 0.15) is 4.64 Å². The van der Waals surface area contributed by atoms with Gasteiger partial charge >= 0.3 is 5.69 Å². The van der Waals surface area contributed by atoms with Crippen molar-refractivity contribution < 1.29 is 9.47 Å². The molecule has 0 radical (unpaired) electrons. The van der Waals surface area contributed by atoms with Gasteiger partial charge in [0.25, 0.3) is 0 Å². The summed E-state index contributed by atoms with van der Waals surface area (Å²) in [6, 6.07) is 5.49. The molecule has 2 rings (SSSR count). The predicted molar refractivity (Wildman–Crippen MR) is 75.4 cm³/mol. The summed E-state index contributed by atoms with van der Waals surface area (Å²) in [5.74, 6) is 1.26. The van der Waals surface area contributed by atoms with Crippen LogP contribution in [0.4, 0.5) is 0 Å². The first-order valence-electron chi connectivity index (χ1n) is 5.59. The molecular weight excluding hydrogens is 264 g/mol. The zero-order chi connectivity index (χ0) is 14.0. The molecule has 0 aliphatic rings. The molecule has 1 aromatic heterocycles. The van der Waals surface area contributed by atoms with Crippen molar-refractivity contribution in [2.45, 2.75) is 0 Å². The van der Waals surface area contributed by atoms with Crippen LogP contribution in [0.25, 0.3) is 11.1 Å². The van der Waals surface area contributed by atoms with Crippen molar-refractivity contribution in [1.82, 2.24) is 9.55 Å². The number of H-pyrrole nitrogens is 1. The third-order valence-corrected chi connectivity index (χ3v) is 3.37. The smallest absolute Gasteiger partial charge is 0.326 e. The molecular formula is C13H14N2O3S. The lowest BCUT2D eigenvalue weighted by molar-refractivity contribution is 0.355. The lowest BCUT2D eigenvalue weighted by atomic mass is 10.1. The zero-order valence-electron chi connectivity index (χ0n) is 10.9. The second-order valence-electron chi connectivity index (χ2n) is 3.94. The molecule has 6 heteroatoms. The van der Waals surface area contributed by atoms with Gasteiger partial charge in [-0.25, -0.2) is 4.79 Å². The summed E-state index contributed by atoms with van der Waals surface area (Å²) >= 11 is 5.27. The molecule has 0 saturated heterocycles. The van der Waals surface area contributed by atoms with E-state index in [0.717, 1.165) is 11.1 Å². The molecule has 1 N–H and O–H groups in total. The first kappa shape index (κ1) is 13.4. The van der Waals surface area contributed by atoms with Crippen molar-refractivity contribution in [1.29, 1.82) is 0 Å². The fourth-order valence-electron chi connectivity index (χ4n) is 1.78. The molecule has 5 nitrogen and oxygen atoms in total. The summed E-state index contributed by atoms with van der Waals surface area (Å²) < 4.78 is 12.3. The van der Waals surface area contributed by atoms with E-state index in [2.05, 4.69) is 4.98 Å². The van der Waals surface area contributed by atoms with Crippen LogP contribution < -0.4 is 15.2 Å². The van der Waals surface area contributed by atoms with Gasteiger partial charge < -0.3 is 14.5 Å². The third-order valence-electron chi connectivity index (χ3n) is 2.87. The monoisotopic (exact) mass is 278 g/mol. The summed E-state index contributed by atoms with van der Waals surface area (Å²) in [6.45, 7) is 0. The summed E-state index contributed by atoms with van der Waals surface area (Å²) in [5, 5.41) is 0. The Bertz CT molecular complexity index is 719. The molecule has 0 fully saturated rings. The third kappa shape index (κ3) is 2.39. The van der Waals surface area contributed by atoms with E-state index in [1.54, 1.807) is 33.5 Å². The highest BCUT2D eigenvalue weighted by atomic mass is 32.1. The van der Waals surface area contributed by atoms with Crippen LogP contribution in [0, 0.1) is 4.64 Å². The number of ether oxygens (including phenoxy) is 2. The molecule has 0 aliphatic carbocycles. The normalized spacial score (nSPS) is 10.3. The Morgan fingerprint density at radius 1 is 1.21 bits per heavy atom. The molecule has 0 amide bonds. The molecule has 0 unspecified atom stereocenters. The van der Waals surface area contributed by atoms with Gasteiger partial charge in [0.2, 0.25) is 0 Å². The van der Waals surface area contributed by atoms with Crippen LogP contribution in [0.5, 0.6) is 11.5 Å². The molecule has 0 spiro atoms. The van der Waals surface area contributed by atoms with Crippen LogP contribution in [-0.4, -0.2) is 23.8 Å². The Morgan fingerprint density at radius 3 is 2.53 bits per heavy atom. The zero-order valence-corrected chi connectivity index (χ0v) is 11.7. The van der Waals surface area contributed by atoms with Gasteiger partial charge in [0.15, 0.2) is 11.5 Å². The maximum atomic E-state index is 11.4. The molecule has 0 bridgehead atoms. The van der Waals surface area contributed by atoms with Crippen molar-refractivity contribution in [2.75, 3.05) is 14.2 Å². The number of methoxy groups -OCH3 is 2. The number of hydrogen-bond acceptors (Lipinski definition) is 4. The van der Waals surface area contributed by atoms with Crippen molar-refractivity contribution in [3.8, 4) is 22.6 Å². The van der Waals surface area contributed by atoms with Crippen LogP contribution >= 0.6 is 12.2 Å². The Morgan fingerprint density at radius 2 is 1.89 bits per heavy atom. The highest BCUT2D eigenvalue weighted by Gasteiger charge is 2.08. The van der Waals surface area contributed by atoms with Gasteiger partial charge in [-0.05, 0) is 17.7 Å². The maximum absolute atomic E-state index is 11.4. The van der Waals surface area contributed by atoms with Crippen molar-refractivity contribution in [2.24, 2.45) is 7.05 Å². The summed E-state index contributed by atoms with van der Waals surface area (Å²) in [7, 11) is 4.78. The van der Waals surface area contributed by atoms with Crippen molar-refractivity contribution in [3.05, 3.63) is 39.5 Å². The van der Waals surface area contributed by atoms with E-state index >= 15 is 0 Å². The van der Waals surface area contributed by atoms with E-state index in [0.29, 0.717) is 16.1 Å². The lowest BCUT2D eigenvalue weighted by Gasteiger charge is -2.10. The van der Waals surface area contributed by atoms with Crippen molar-refractivity contribution in [3.63, 3.8) is 0 Å². The van der Waals surface area contributed by atoms with Crippen LogP contribution in [-0.2, 0) is 7.05 Å². The minimum Gasteiger partial charge on any atom is -0.493 e. The van der Waals surface area contributed by atoms with E-state index in [1.165, 1.54) is 4.57 Å². The van der Waals surface area contributed by atoms with Crippen LogP contribution in [0.1, 0.15) is 0 Å². The maximum Gasteiger partial charge on any atom is 0.326 e. The van der Waals surface area contributed by atoms with Gasteiger partial charge in [0.05, 0.1) is 14.2 Å². The van der Waals surface area contributed by atoms with Gasteiger partial charge in [-0.2, -0.15) is 0 Å². The molecule has 0 atom stereocenters. The Labute approximate surface area is 115 Å². The number of hydrogen-bond donors (Lipinski definition) is 1. The van der Waals surface area contributed by atoms with E-state index in [9.17, 15) is 4.79 Å². The van der Waals surface area contributed by atoms with E-state index < -0.39 is 0 Å². The number of nitrogens with one attached hydrogen (secondary N) is 1. The van der Waals surface area contributed by atoms with Crippen molar-refractivity contribution >= 4 is 12.2 Å². The average Bonchev–Trinajstić information content (AvgIpc) is 2.44. The second-order valence-corrected chi connectivity index (χ2v) is 4.33. The molecule has 0 aliphatic heterocycles. The number of aromatic nitrogens is 2. The van der Waals surface area contributed by atoms with E-state index in [4.69, 9.17) is 21.7 Å². The quantitative estimate of drug-likeness (QED) is 0.874. The van der Waals surface area contributed by atoms with Gasteiger partial charge in [0, 0.05) is 18.8 Å². The molecule has 2 aromatic rings. The predicted octanol–water partition coefficient (Wildman–Crippen LogP) is 2.13. The molecule has 19 heavy (non-hydrogen) atoms. The average molecular weight is 278 g/mol. The SMILES string of the molecule is COc1ccc(-c2c[nH]c(=O)n(C)c2=S)cc1OC. The second kappa shape index (κ2) is 5.27. The fourth-order valence-corrected chi connectivity index (χ4v) is 2.04. The lowest BCUT2D eigenvalue weighted by Crippen LogP contribution is -2.20. The minimum absolute atomic E-state index is 0.241. The fraction of sp³-hybridized carbons (Fsp3) is 0.231. The standard InChI is InChI=1S/C13H14N2O3S/c1-15-12(19)9(7-14-13(15)16)8-4-5-10(17-2)11(6-8)18-3/h4-7H,1-3H3,(H,14,16). The first-order chi connectivity index (χ1) is 9.08. The minimum atomic E-state index is -0.241.